The highest BCUT2D eigenvalue weighted by Crippen LogP contribution is 2.32. The highest BCUT2D eigenvalue weighted by molar-refractivity contribution is 9.10. The number of rotatable bonds is 3. The summed E-state index contributed by atoms with van der Waals surface area (Å²) in [5, 5.41) is 0. The fourth-order valence-electron chi connectivity index (χ4n) is 1.58. The first-order chi connectivity index (χ1) is 9.38. The Balaban J connectivity index is 2.48. The summed E-state index contributed by atoms with van der Waals surface area (Å²) in [6.45, 7) is 0. The number of aromatic nitrogens is 1. The molecule has 0 radical (unpaired) electrons. The number of carbonyl (C=O) groups is 1. The van der Waals surface area contributed by atoms with Gasteiger partial charge in [-0.2, -0.15) is 0 Å². The number of hydrogen-bond acceptors (Lipinski definition) is 3. The van der Waals surface area contributed by atoms with E-state index in [9.17, 15) is 18.0 Å². The molecule has 0 aliphatic carbocycles. The quantitative estimate of drug-likeness (QED) is 0.790. The van der Waals surface area contributed by atoms with Crippen LogP contribution in [0.25, 0.3) is 0 Å². The second-order valence-electron chi connectivity index (χ2n) is 3.73. The number of alkyl halides is 3. The van der Waals surface area contributed by atoms with Gasteiger partial charge >= 0.3 is 6.36 Å². The zero-order valence-corrected chi connectivity index (χ0v) is 11.4. The summed E-state index contributed by atoms with van der Waals surface area (Å²) in [5.74, 6) is -1.16. The highest BCUT2D eigenvalue weighted by Gasteiger charge is 2.33. The summed E-state index contributed by atoms with van der Waals surface area (Å²) in [5.41, 5.74) is -0.0238. The lowest BCUT2D eigenvalue weighted by atomic mass is 10.0. The van der Waals surface area contributed by atoms with Gasteiger partial charge < -0.3 is 4.74 Å². The summed E-state index contributed by atoms with van der Waals surface area (Å²) in [7, 11) is 0. The molecule has 0 bridgehead atoms. The molecule has 2 rings (SSSR count). The van der Waals surface area contributed by atoms with Crippen molar-refractivity contribution in [2.24, 2.45) is 0 Å². The number of ether oxygens (including phenoxy) is 1. The van der Waals surface area contributed by atoms with Crippen LogP contribution in [-0.4, -0.2) is 17.1 Å². The third kappa shape index (κ3) is 3.36. The van der Waals surface area contributed by atoms with E-state index in [1.165, 1.54) is 36.7 Å². The van der Waals surface area contributed by atoms with E-state index in [2.05, 4.69) is 25.7 Å². The molecule has 1 aromatic carbocycles. The van der Waals surface area contributed by atoms with Crippen molar-refractivity contribution in [3.8, 4) is 5.75 Å². The third-order valence-electron chi connectivity index (χ3n) is 2.35. The van der Waals surface area contributed by atoms with E-state index in [0.29, 0.717) is 0 Å². The number of nitrogens with zero attached hydrogens (tertiary/aromatic N) is 1. The van der Waals surface area contributed by atoms with E-state index < -0.39 is 17.9 Å². The Bertz CT molecular complexity index is 629. The van der Waals surface area contributed by atoms with Gasteiger partial charge in [0.2, 0.25) is 0 Å². The first kappa shape index (κ1) is 14.5. The molecule has 1 heterocycles. The second kappa shape index (κ2) is 5.62. The fraction of sp³-hybridized carbons (Fsp3) is 0.0769. The second-order valence-corrected chi connectivity index (χ2v) is 4.59. The molecule has 3 nitrogen and oxygen atoms in total. The van der Waals surface area contributed by atoms with Gasteiger partial charge in [-0.25, -0.2) is 0 Å². The summed E-state index contributed by atoms with van der Waals surface area (Å²) < 4.78 is 41.2. The molecule has 0 fully saturated rings. The minimum atomic E-state index is -4.87. The Morgan fingerprint density at radius 1 is 1.20 bits per heavy atom. The molecule has 0 saturated heterocycles. The minimum absolute atomic E-state index is 0.173. The molecule has 0 aliphatic heterocycles. The lowest BCUT2D eigenvalue weighted by Gasteiger charge is -2.13. The fourth-order valence-corrected chi connectivity index (χ4v) is 2.10. The molecule has 0 atom stereocenters. The van der Waals surface area contributed by atoms with Gasteiger partial charge in [0, 0.05) is 22.4 Å². The van der Waals surface area contributed by atoms with Gasteiger partial charge in [0.1, 0.15) is 5.75 Å². The van der Waals surface area contributed by atoms with Gasteiger partial charge in [-0.05, 0) is 40.2 Å². The van der Waals surface area contributed by atoms with E-state index in [1.54, 1.807) is 0 Å². The largest absolute Gasteiger partial charge is 0.573 e. The maximum Gasteiger partial charge on any atom is 0.573 e. The molecule has 104 valence electrons. The van der Waals surface area contributed by atoms with Gasteiger partial charge in [0.15, 0.2) is 5.78 Å². The SMILES string of the molecule is O=C(c1cccnc1)c1c(Br)cccc1OC(F)(F)F. The highest BCUT2D eigenvalue weighted by atomic mass is 79.9. The molecule has 0 spiro atoms. The molecule has 7 heteroatoms. The lowest BCUT2D eigenvalue weighted by Crippen LogP contribution is -2.19. The minimum Gasteiger partial charge on any atom is -0.405 e. The average Bonchev–Trinajstić information content (AvgIpc) is 2.37. The van der Waals surface area contributed by atoms with Crippen molar-refractivity contribution < 1.29 is 22.7 Å². The van der Waals surface area contributed by atoms with Crippen LogP contribution in [-0.2, 0) is 0 Å². The summed E-state index contributed by atoms with van der Waals surface area (Å²) in [6.07, 6.45) is -2.13. The molecule has 1 aromatic heterocycles. The van der Waals surface area contributed by atoms with Crippen LogP contribution >= 0.6 is 15.9 Å². The standard InChI is InChI=1S/C13H7BrF3NO2/c14-9-4-1-5-10(20-13(15,16)17)11(9)12(19)8-3-2-6-18-7-8/h1-7H. The first-order valence-corrected chi connectivity index (χ1v) is 6.17. The Labute approximate surface area is 120 Å². The number of pyridine rings is 1. The zero-order chi connectivity index (χ0) is 14.8. The van der Waals surface area contributed by atoms with Gasteiger partial charge in [-0.1, -0.05) is 6.07 Å². The summed E-state index contributed by atoms with van der Waals surface area (Å²) in [6, 6.07) is 6.89. The van der Waals surface area contributed by atoms with Gasteiger partial charge in [-0.3, -0.25) is 9.78 Å². The molecule has 20 heavy (non-hydrogen) atoms. The number of hydrogen-bond donors (Lipinski definition) is 0. The van der Waals surface area contributed by atoms with Gasteiger partial charge in [0.25, 0.3) is 0 Å². The van der Waals surface area contributed by atoms with Crippen molar-refractivity contribution in [3.63, 3.8) is 0 Å². The van der Waals surface area contributed by atoms with Crippen LogP contribution in [0.15, 0.2) is 47.2 Å². The molecular weight excluding hydrogens is 339 g/mol. The van der Waals surface area contributed by atoms with Crippen molar-refractivity contribution in [2.75, 3.05) is 0 Å². The molecule has 0 saturated carbocycles. The molecule has 0 N–H and O–H groups in total. The molecule has 2 aromatic rings. The molecule has 0 unspecified atom stereocenters. The van der Waals surface area contributed by atoms with Crippen molar-refractivity contribution in [1.82, 2.24) is 4.98 Å². The first-order valence-electron chi connectivity index (χ1n) is 5.37. The van der Waals surface area contributed by atoms with Crippen LogP contribution in [0.2, 0.25) is 0 Å². The average molecular weight is 346 g/mol. The van der Waals surface area contributed by atoms with E-state index in [-0.39, 0.29) is 15.6 Å². The Hall–Kier alpha value is -1.89. The molecule has 0 aliphatic rings. The maximum absolute atomic E-state index is 12.4. The number of carbonyl (C=O) groups excluding carboxylic acids is 1. The van der Waals surface area contributed by atoms with Crippen molar-refractivity contribution in [2.45, 2.75) is 6.36 Å². The molecule has 0 amide bonds. The van der Waals surface area contributed by atoms with Gasteiger partial charge in [0.05, 0.1) is 5.56 Å². The van der Waals surface area contributed by atoms with Crippen LogP contribution in [0, 0.1) is 0 Å². The lowest BCUT2D eigenvalue weighted by molar-refractivity contribution is -0.274. The Morgan fingerprint density at radius 2 is 1.95 bits per heavy atom. The Morgan fingerprint density at radius 3 is 2.55 bits per heavy atom. The van der Waals surface area contributed by atoms with Crippen molar-refractivity contribution >= 4 is 21.7 Å². The van der Waals surface area contributed by atoms with Crippen molar-refractivity contribution in [3.05, 3.63) is 58.3 Å². The van der Waals surface area contributed by atoms with Crippen LogP contribution in [0.1, 0.15) is 15.9 Å². The monoisotopic (exact) mass is 345 g/mol. The van der Waals surface area contributed by atoms with Crippen molar-refractivity contribution in [1.29, 1.82) is 0 Å². The summed E-state index contributed by atoms with van der Waals surface area (Å²) in [4.78, 5) is 16.0. The predicted octanol–water partition coefficient (Wildman–Crippen LogP) is 3.97. The van der Waals surface area contributed by atoms with E-state index in [4.69, 9.17) is 0 Å². The van der Waals surface area contributed by atoms with Crippen LogP contribution in [0.5, 0.6) is 5.75 Å². The number of halogens is 4. The third-order valence-corrected chi connectivity index (χ3v) is 3.01. The van der Waals surface area contributed by atoms with E-state index in [0.717, 1.165) is 6.07 Å². The smallest absolute Gasteiger partial charge is 0.405 e. The Kier molecular flexibility index (Phi) is 4.08. The predicted molar refractivity (Wildman–Crippen MR) is 68.5 cm³/mol. The van der Waals surface area contributed by atoms with E-state index in [1.807, 2.05) is 0 Å². The van der Waals surface area contributed by atoms with Crippen LogP contribution < -0.4 is 4.74 Å². The number of ketones is 1. The zero-order valence-electron chi connectivity index (χ0n) is 9.82. The van der Waals surface area contributed by atoms with Gasteiger partial charge in [-0.15, -0.1) is 13.2 Å². The topological polar surface area (TPSA) is 39.2 Å². The van der Waals surface area contributed by atoms with E-state index >= 15 is 0 Å². The molecular formula is C13H7BrF3NO2. The summed E-state index contributed by atoms with van der Waals surface area (Å²) >= 11 is 3.06. The van der Waals surface area contributed by atoms with Crippen LogP contribution in [0.3, 0.4) is 0 Å². The normalized spacial score (nSPS) is 11.2. The number of benzene rings is 1. The van der Waals surface area contributed by atoms with Crippen LogP contribution in [0.4, 0.5) is 13.2 Å². The maximum atomic E-state index is 12.4.